The molecule has 0 spiro atoms. The van der Waals surface area contributed by atoms with Crippen LogP contribution >= 0.6 is 22.9 Å². The molecule has 0 aliphatic heterocycles. The molecular weight excluding hydrogens is 285 g/mol. The summed E-state index contributed by atoms with van der Waals surface area (Å²) in [5.41, 5.74) is 4.61. The number of nitrogens with zero attached hydrogens (tertiary/aromatic N) is 1. The van der Waals surface area contributed by atoms with E-state index in [1.165, 1.54) is 10.9 Å². The topological polar surface area (TPSA) is 50.9 Å². The monoisotopic (exact) mass is 299 g/mol. The Morgan fingerprint density at radius 3 is 2.74 bits per heavy atom. The van der Waals surface area contributed by atoms with Gasteiger partial charge in [-0.05, 0) is 31.5 Å². The van der Waals surface area contributed by atoms with Crippen molar-refractivity contribution in [3.8, 4) is 0 Å². The summed E-state index contributed by atoms with van der Waals surface area (Å²) in [4.78, 5) is 5.68. The van der Waals surface area contributed by atoms with Gasteiger partial charge in [0.1, 0.15) is 5.82 Å². The Morgan fingerprint density at radius 1 is 1.47 bits per heavy atom. The predicted octanol–water partition coefficient (Wildman–Crippen LogP) is 3.30. The minimum Gasteiger partial charge on any atom is -0.271 e. The van der Waals surface area contributed by atoms with Gasteiger partial charge >= 0.3 is 0 Å². The van der Waals surface area contributed by atoms with Crippen molar-refractivity contribution >= 4 is 22.9 Å². The molecule has 1 aromatic carbocycles. The third kappa shape index (κ3) is 3.30. The van der Waals surface area contributed by atoms with Gasteiger partial charge in [-0.3, -0.25) is 11.3 Å². The number of nitrogens with two attached hydrogens (primary N) is 1. The Labute approximate surface area is 120 Å². The van der Waals surface area contributed by atoms with Gasteiger partial charge < -0.3 is 0 Å². The van der Waals surface area contributed by atoms with E-state index >= 15 is 0 Å². The zero-order valence-electron chi connectivity index (χ0n) is 10.7. The largest absolute Gasteiger partial charge is 0.271 e. The second kappa shape index (κ2) is 5.96. The van der Waals surface area contributed by atoms with Crippen LogP contribution in [0.2, 0.25) is 5.02 Å². The van der Waals surface area contributed by atoms with E-state index in [4.69, 9.17) is 17.4 Å². The molecule has 0 amide bonds. The van der Waals surface area contributed by atoms with Gasteiger partial charge in [-0.1, -0.05) is 17.7 Å². The molecule has 1 unspecified atom stereocenters. The highest BCUT2D eigenvalue weighted by Gasteiger charge is 2.15. The van der Waals surface area contributed by atoms with Crippen molar-refractivity contribution in [1.29, 1.82) is 0 Å². The van der Waals surface area contributed by atoms with E-state index in [2.05, 4.69) is 10.4 Å². The number of hydrogen-bond acceptors (Lipinski definition) is 4. The standard InChI is InChI=1S/C13H15ClFN3S/c1-7-8(2)19-13(17-7)6-12(18-16)9-3-4-11(15)10(14)5-9/h3-5,12,18H,6,16H2,1-2H3. The SMILES string of the molecule is Cc1nc(CC(NN)c2ccc(F)c(Cl)c2)sc1C. The number of benzene rings is 1. The highest BCUT2D eigenvalue weighted by molar-refractivity contribution is 7.11. The second-order valence-electron chi connectivity index (χ2n) is 4.35. The molecule has 0 fully saturated rings. The lowest BCUT2D eigenvalue weighted by molar-refractivity contribution is 0.548. The number of aromatic nitrogens is 1. The minimum atomic E-state index is -0.429. The summed E-state index contributed by atoms with van der Waals surface area (Å²) in [7, 11) is 0. The molecule has 0 radical (unpaired) electrons. The van der Waals surface area contributed by atoms with E-state index in [0.29, 0.717) is 6.42 Å². The zero-order chi connectivity index (χ0) is 14.0. The molecule has 102 valence electrons. The van der Waals surface area contributed by atoms with Crippen LogP contribution in [0, 0.1) is 19.7 Å². The number of hydrogen-bond donors (Lipinski definition) is 2. The molecule has 0 saturated carbocycles. The van der Waals surface area contributed by atoms with E-state index in [0.717, 1.165) is 16.3 Å². The Kier molecular flexibility index (Phi) is 4.52. The molecule has 6 heteroatoms. The number of rotatable bonds is 4. The third-order valence-corrected chi connectivity index (χ3v) is 4.38. The lowest BCUT2D eigenvalue weighted by Gasteiger charge is -2.15. The van der Waals surface area contributed by atoms with E-state index in [9.17, 15) is 4.39 Å². The van der Waals surface area contributed by atoms with Gasteiger partial charge in [-0.15, -0.1) is 11.3 Å². The molecule has 3 N–H and O–H groups in total. The summed E-state index contributed by atoms with van der Waals surface area (Å²) >= 11 is 7.44. The first-order chi connectivity index (χ1) is 9.01. The number of halogens is 2. The first-order valence-electron chi connectivity index (χ1n) is 5.85. The van der Waals surface area contributed by atoms with Crippen LogP contribution < -0.4 is 11.3 Å². The average Bonchev–Trinajstić information content (AvgIpc) is 2.69. The number of nitrogens with one attached hydrogen (secondary N) is 1. The Morgan fingerprint density at radius 2 is 2.21 bits per heavy atom. The summed E-state index contributed by atoms with van der Waals surface area (Å²) in [6.45, 7) is 4.02. The Hall–Kier alpha value is -1.01. The minimum absolute atomic E-state index is 0.101. The van der Waals surface area contributed by atoms with Crippen LogP contribution in [0.3, 0.4) is 0 Å². The Balaban J connectivity index is 2.22. The van der Waals surface area contributed by atoms with Crippen LogP contribution in [-0.2, 0) is 6.42 Å². The molecule has 1 aromatic heterocycles. The maximum atomic E-state index is 13.2. The van der Waals surface area contributed by atoms with E-state index in [1.807, 2.05) is 13.8 Å². The van der Waals surface area contributed by atoms with Gasteiger partial charge in [-0.25, -0.2) is 9.37 Å². The fraction of sp³-hybridized carbons (Fsp3) is 0.308. The van der Waals surface area contributed by atoms with Crippen molar-refractivity contribution < 1.29 is 4.39 Å². The predicted molar refractivity (Wildman–Crippen MR) is 76.8 cm³/mol. The van der Waals surface area contributed by atoms with Crippen LogP contribution in [0.15, 0.2) is 18.2 Å². The molecule has 2 rings (SSSR count). The smallest absolute Gasteiger partial charge is 0.141 e. The fourth-order valence-electron chi connectivity index (χ4n) is 1.80. The first-order valence-corrected chi connectivity index (χ1v) is 7.04. The fourth-order valence-corrected chi connectivity index (χ4v) is 2.97. The van der Waals surface area contributed by atoms with Crippen molar-refractivity contribution in [3.63, 3.8) is 0 Å². The highest BCUT2D eigenvalue weighted by Crippen LogP contribution is 2.25. The normalized spacial score (nSPS) is 12.7. The van der Waals surface area contributed by atoms with Gasteiger partial charge in [-0.2, -0.15) is 0 Å². The first kappa shape index (κ1) is 14.4. The van der Waals surface area contributed by atoms with Crippen molar-refractivity contribution in [1.82, 2.24) is 10.4 Å². The van der Waals surface area contributed by atoms with Crippen molar-refractivity contribution in [2.75, 3.05) is 0 Å². The lowest BCUT2D eigenvalue weighted by atomic mass is 10.0. The molecule has 0 aliphatic carbocycles. The van der Waals surface area contributed by atoms with Crippen molar-refractivity contribution in [2.45, 2.75) is 26.3 Å². The molecule has 0 bridgehead atoms. The van der Waals surface area contributed by atoms with Gasteiger partial charge in [0.2, 0.25) is 0 Å². The average molecular weight is 300 g/mol. The molecule has 1 atom stereocenters. The van der Waals surface area contributed by atoms with E-state index < -0.39 is 5.82 Å². The maximum Gasteiger partial charge on any atom is 0.141 e. The number of hydrazine groups is 1. The van der Waals surface area contributed by atoms with Crippen LogP contribution in [0.4, 0.5) is 4.39 Å². The van der Waals surface area contributed by atoms with Crippen LogP contribution in [0.1, 0.15) is 27.2 Å². The second-order valence-corrected chi connectivity index (χ2v) is 6.04. The van der Waals surface area contributed by atoms with Crippen LogP contribution in [0.25, 0.3) is 0 Å². The van der Waals surface area contributed by atoms with Gasteiger partial charge in [0.25, 0.3) is 0 Å². The van der Waals surface area contributed by atoms with E-state index in [-0.39, 0.29) is 11.1 Å². The van der Waals surface area contributed by atoms with Gasteiger partial charge in [0.15, 0.2) is 0 Å². The molecular formula is C13H15ClFN3S. The van der Waals surface area contributed by atoms with Gasteiger partial charge in [0.05, 0.1) is 21.8 Å². The van der Waals surface area contributed by atoms with Crippen molar-refractivity contribution in [3.05, 3.63) is 50.2 Å². The lowest BCUT2D eigenvalue weighted by Crippen LogP contribution is -2.29. The van der Waals surface area contributed by atoms with Crippen LogP contribution in [-0.4, -0.2) is 4.98 Å². The highest BCUT2D eigenvalue weighted by atomic mass is 35.5. The summed E-state index contributed by atoms with van der Waals surface area (Å²) in [5.74, 6) is 5.15. The molecule has 19 heavy (non-hydrogen) atoms. The summed E-state index contributed by atoms with van der Waals surface area (Å²) < 4.78 is 13.2. The molecule has 0 saturated heterocycles. The third-order valence-electron chi connectivity index (χ3n) is 3.00. The zero-order valence-corrected chi connectivity index (χ0v) is 12.3. The molecule has 2 aromatic rings. The molecule has 0 aliphatic rings. The quantitative estimate of drug-likeness (QED) is 0.673. The van der Waals surface area contributed by atoms with Gasteiger partial charge in [0, 0.05) is 11.3 Å². The maximum absolute atomic E-state index is 13.2. The van der Waals surface area contributed by atoms with Crippen molar-refractivity contribution in [2.24, 2.45) is 5.84 Å². The Bertz CT molecular complexity index is 566. The number of thiazole rings is 1. The van der Waals surface area contributed by atoms with Crippen LogP contribution in [0.5, 0.6) is 0 Å². The molecule has 1 heterocycles. The summed E-state index contributed by atoms with van der Waals surface area (Å²) in [6, 6.07) is 4.48. The van der Waals surface area contributed by atoms with E-state index in [1.54, 1.807) is 23.5 Å². The number of aryl methyl sites for hydroxylation is 2. The summed E-state index contributed by atoms with van der Waals surface area (Å²) in [5, 5.41) is 1.10. The summed E-state index contributed by atoms with van der Waals surface area (Å²) in [6.07, 6.45) is 0.651. The molecule has 3 nitrogen and oxygen atoms in total.